The molecule has 4 aromatic carbocycles. The first-order valence-corrected chi connectivity index (χ1v) is 12.1. The number of rotatable bonds is 5. The normalized spacial score (nSPS) is 10.5. The van der Waals surface area contributed by atoms with E-state index in [0.717, 1.165) is 50.7 Å². The molecule has 0 saturated carbocycles. The van der Waals surface area contributed by atoms with E-state index in [1.165, 1.54) is 0 Å². The Morgan fingerprint density at radius 1 is 0.816 bits per heavy atom. The van der Waals surface area contributed by atoms with Crippen LogP contribution in [0.2, 0.25) is 0 Å². The average molecular weight is 668 g/mol. The number of imidazole rings is 1. The number of hydrogen-bond acceptors (Lipinski definition) is 1. The third-order valence-corrected chi connectivity index (χ3v) is 6.52. The van der Waals surface area contributed by atoms with Crippen molar-refractivity contribution in [3.63, 3.8) is 0 Å². The molecule has 0 amide bonds. The fraction of sp³-hybridized carbons (Fsp3) is 0.0303. The molecule has 0 aliphatic rings. The van der Waals surface area contributed by atoms with E-state index in [0.29, 0.717) is 5.69 Å². The minimum atomic E-state index is 0. The van der Waals surface area contributed by atoms with Gasteiger partial charge >= 0.3 is 0 Å². The number of benzene rings is 4. The summed E-state index contributed by atoms with van der Waals surface area (Å²) < 4.78 is 4.37. The molecule has 185 valence electrons. The van der Waals surface area contributed by atoms with E-state index in [-0.39, 0.29) is 20.1 Å². The summed E-state index contributed by atoms with van der Waals surface area (Å²) in [4.78, 5) is 8.44. The van der Waals surface area contributed by atoms with Crippen molar-refractivity contribution >= 4 is 5.69 Å². The van der Waals surface area contributed by atoms with Gasteiger partial charge in [-0.3, -0.25) is 9.83 Å². The van der Waals surface area contributed by atoms with Crippen LogP contribution in [0.25, 0.3) is 50.0 Å². The molecule has 5 heteroatoms. The second-order valence-electron chi connectivity index (χ2n) is 8.83. The van der Waals surface area contributed by atoms with Gasteiger partial charge in [0.05, 0.1) is 23.8 Å². The molecule has 0 spiro atoms. The molecule has 1 radical (unpaired) electrons. The topological polar surface area (TPSA) is 27.1 Å². The predicted molar refractivity (Wildman–Crippen MR) is 149 cm³/mol. The van der Waals surface area contributed by atoms with Gasteiger partial charge in [-0.15, -0.1) is 23.3 Å². The second-order valence-corrected chi connectivity index (χ2v) is 8.83. The molecule has 0 fully saturated rings. The molecular weight excluding hydrogens is 645 g/mol. The van der Waals surface area contributed by atoms with E-state index in [9.17, 15) is 0 Å². The molecule has 6 rings (SSSR count). The molecule has 0 saturated heterocycles. The van der Waals surface area contributed by atoms with Gasteiger partial charge in [-0.25, -0.2) is 0 Å². The molecule has 0 atom stereocenters. The Morgan fingerprint density at radius 2 is 1.45 bits per heavy atom. The summed E-state index contributed by atoms with van der Waals surface area (Å²) in [6, 6.07) is 38.3. The van der Waals surface area contributed by atoms with Gasteiger partial charge in [-0.1, -0.05) is 85.8 Å². The van der Waals surface area contributed by atoms with E-state index in [1.807, 2.05) is 49.6 Å². The molecule has 38 heavy (non-hydrogen) atoms. The maximum absolute atomic E-state index is 7.60. The number of aryl methyl sites for hydroxylation is 1. The summed E-state index contributed by atoms with van der Waals surface area (Å²) in [5.74, 6) is 0.741. The van der Waals surface area contributed by atoms with Crippen LogP contribution in [-0.2, 0) is 20.1 Å². The van der Waals surface area contributed by atoms with E-state index >= 15 is 0 Å². The maximum Gasteiger partial charge on any atom is 0.111 e. The van der Waals surface area contributed by atoms with Crippen molar-refractivity contribution in [2.24, 2.45) is 0 Å². The van der Waals surface area contributed by atoms with Crippen LogP contribution in [0.5, 0.6) is 0 Å². The van der Waals surface area contributed by atoms with Crippen molar-refractivity contribution in [3.8, 4) is 45.1 Å². The zero-order valence-corrected chi connectivity index (χ0v) is 23.1. The van der Waals surface area contributed by atoms with Crippen LogP contribution in [0.15, 0.2) is 122 Å². The Balaban J connectivity index is 0.00000294. The van der Waals surface area contributed by atoms with Gasteiger partial charge in [0.15, 0.2) is 0 Å². The van der Waals surface area contributed by atoms with Crippen molar-refractivity contribution in [1.82, 2.24) is 14.1 Å². The van der Waals surface area contributed by atoms with Gasteiger partial charge in [-0.05, 0) is 17.7 Å². The van der Waals surface area contributed by atoms with Gasteiger partial charge in [0.1, 0.15) is 5.69 Å². The predicted octanol–water partition coefficient (Wildman–Crippen LogP) is 8.32. The van der Waals surface area contributed by atoms with Crippen LogP contribution in [0.3, 0.4) is 0 Å². The summed E-state index contributed by atoms with van der Waals surface area (Å²) in [7, 11) is 0. The number of hydrogen-bond donors (Lipinski definition) is 0. The van der Waals surface area contributed by atoms with Crippen LogP contribution < -0.4 is 0 Å². The number of para-hydroxylation sites is 1. The minimum Gasteiger partial charge on any atom is -0.338 e. The zero-order valence-electron chi connectivity index (χ0n) is 20.7. The molecule has 2 aromatic heterocycles. The molecule has 0 aliphatic heterocycles. The quantitative estimate of drug-likeness (QED) is 0.170. The van der Waals surface area contributed by atoms with Crippen LogP contribution in [-0.4, -0.2) is 14.1 Å². The Labute approximate surface area is 236 Å². The first kappa shape index (κ1) is 25.2. The van der Waals surface area contributed by atoms with Gasteiger partial charge in [0.2, 0.25) is 0 Å². The monoisotopic (exact) mass is 668 g/mol. The fourth-order valence-electron chi connectivity index (χ4n) is 4.72. The van der Waals surface area contributed by atoms with Crippen LogP contribution in [0, 0.1) is 19.6 Å². The average Bonchev–Trinajstić information content (AvgIpc) is 3.60. The summed E-state index contributed by atoms with van der Waals surface area (Å²) in [5.41, 5.74) is 8.74. The molecule has 0 N–H and O–H groups in total. The van der Waals surface area contributed by atoms with E-state index < -0.39 is 0 Å². The second kappa shape index (κ2) is 10.9. The smallest absolute Gasteiger partial charge is 0.111 e. The van der Waals surface area contributed by atoms with Gasteiger partial charge in [-0.2, -0.15) is 6.07 Å². The van der Waals surface area contributed by atoms with E-state index in [4.69, 9.17) is 11.6 Å². The molecule has 6 aromatic rings. The van der Waals surface area contributed by atoms with E-state index in [1.54, 1.807) is 0 Å². The Bertz CT molecular complexity index is 1730. The third kappa shape index (κ3) is 4.52. The summed E-state index contributed by atoms with van der Waals surface area (Å²) in [6.07, 6.45) is 6.00. The molecule has 0 unspecified atom stereocenters. The molecule has 4 nitrogen and oxygen atoms in total. The van der Waals surface area contributed by atoms with Crippen molar-refractivity contribution < 1.29 is 20.1 Å². The molecule has 0 bridgehead atoms. The Kier molecular flexibility index (Phi) is 7.20. The third-order valence-electron chi connectivity index (χ3n) is 6.52. The van der Waals surface area contributed by atoms with Crippen LogP contribution in [0.1, 0.15) is 5.56 Å². The fourth-order valence-corrected chi connectivity index (χ4v) is 4.72. The van der Waals surface area contributed by atoms with Crippen LogP contribution in [0.4, 0.5) is 5.69 Å². The van der Waals surface area contributed by atoms with Gasteiger partial charge in [0, 0.05) is 55.5 Å². The van der Waals surface area contributed by atoms with Crippen LogP contribution >= 0.6 is 0 Å². The van der Waals surface area contributed by atoms with Crippen molar-refractivity contribution in [3.05, 3.63) is 145 Å². The van der Waals surface area contributed by atoms with Crippen molar-refractivity contribution in [2.75, 3.05) is 0 Å². The Morgan fingerprint density at radius 3 is 2.11 bits per heavy atom. The summed E-state index contributed by atoms with van der Waals surface area (Å²) in [6.45, 7) is 9.53. The number of nitrogens with zero attached hydrogens (tertiary/aromatic N) is 4. The largest absolute Gasteiger partial charge is 0.338 e. The Hall–Kier alpha value is -4.49. The number of aromatic nitrogens is 3. The molecule has 2 heterocycles. The standard InChI is InChI=1S/C33H23N4.Ir/c1-24-18-19-27(22-30(24)34-2)33-35-20-21-36(33)32-29(25-12-6-3-7-13-25)23-37(28-16-10-5-11-17-28)31(32)26-14-8-4-9-15-26;/h3-18,20-23H,1H3;/q-1;. The maximum atomic E-state index is 7.60. The zero-order chi connectivity index (χ0) is 25.2. The van der Waals surface area contributed by atoms with Gasteiger partial charge < -0.3 is 9.13 Å². The van der Waals surface area contributed by atoms with Gasteiger partial charge in [0.25, 0.3) is 0 Å². The molecule has 0 aliphatic carbocycles. The van der Waals surface area contributed by atoms with E-state index in [2.05, 4.69) is 99.0 Å². The first-order valence-electron chi connectivity index (χ1n) is 12.1. The minimum absolute atomic E-state index is 0. The molecular formula is C33H23IrN4-. The SMILES string of the molecule is [C-]#[N+]c1cc(-c2nccn2-c2c(-c3ccccc3)cn(-c3ccccc3)c2-c2ccccc2)[c-]cc1C.[Ir]. The van der Waals surface area contributed by atoms with Crippen molar-refractivity contribution in [1.29, 1.82) is 0 Å². The summed E-state index contributed by atoms with van der Waals surface area (Å²) >= 11 is 0. The van der Waals surface area contributed by atoms with Crippen molar-refractivity contribution in [2.45, 2.75) is 6.92 Å². The summed E-state index contributed by atoms with van der Waals surface area (Å²) in [5, 5.41) is 0. The first-order chi connectivity index (χ1) is 18.2.